The minimum Gasteiger partial charge on any atom is -0.469 e. The molecule has 0 spiro atoms. The predicted octanol–water partition coefficient (Wildman–Crippen LogP) is 4.09. The SMILES string of the molecule is COC(=O)C[C@H](NC(=O)c1oc2c(c1C)C(=O)CC(C)(C)C2)c1ccc(C)cc1. The van der Waals surface area contributed by atoms with Gasteiger partial charge in [0.05, 0.1) is 25.1 Å². The topological polar surface area (TPSA) is 85.6 Å². The van der Waals surface area contributed by atoms with Gasteiger partial charge in [0, 0.05) is 18.4 Å². The molecule has 0 saturated carbocycles. The molecule has 154 valence electrons. The van der Waals surface area contributed by atoms with Crippen molar-refractivity contribution in [1.82, 2.24) is 5.32 Å². The molecular formula is C23H27NO5. The number of methoxy groups -OCH3 is 1. The largest absolute Gasteiger partial charge is 0.469 e. The molecule has 1 aliphatic carbocycles. The van der Waals surface area contributed by atoms with Crippen LogP contribution in [0.3, 0.4) is 0 Å². The first-order valence-electron chi connectivity index (χ1n) is 9.71. The zero-order valence-electron chi connectivity index (χ0n) is 17.5. The lowest BCUT2D eigenvalue weighted by Gasteiger charge is -2.27. The lowest BCUT2D eigenvalue weighted by atomic mass is 9.76. The van der Waals surface area contributed by atoms with Crippen molar-refractivity contribution in [2.45, 2.75) is 53.0 Å². The second-order valence-corrected chi connectivity index (χ2v) is 8.51. The molecule has 1 aromatic carbocycles. The maximum Gasteiger partial charge on any atom is 0.307 e. The number of amides is 1. The van der Waals surface area contributed by atoms with Crippen molar-refractivity contribution >= 4 is 17.7 Å². The van der Waals surface area contributed by atoms with E-state index in [4.69, 9.17) is 9.15 Å². The van der Waals surface area contributed by atoms with Crippen LogP contribution in [0.2, 0.25) is 0 Å². The van der Waals surface area contributed by atoms with Crippen LogP contribution < -0.4 is 5.32 Å². The minimum atomic E-state index is -0.566. The summed E-state index contributed by atoms with van der Waals surface area (Å²) in [5.74, 6) is -0.182. The van der Waals surface area contributed by atoms with E-state index in [0.29, 0.717) is 29.7 Å². The number of hydrogen-bond acceptors (Lipinski definition) is 5. The fraction of sp³-hybridized carbons (Fsp3) is 0.435. The van der Waals surface area contributed by atoms with Crippen molar-refractivity contribution in [2.24, 2.45) is 5.41 Å². The number of ketones is 1. The van der Waals surface area contributed by atoms with Crippen LogP contribution in [0.25, 0.3) is 0 Å². The summed E-state index contributed by atoms with van der Waals surface area (Å²) in [5.41, 5.74) is 2.75. The van der Waals surface area contributed by atoms with E-state index in [1.165, 1.54) is 7.11 Å². The van der Waals surface area contributed by atoms with Gasteiger partial charge in [-0.25, -0.2) is 0 Å². The van der Waals surface area contributed by atoms with Crippen molar-refractivity contribution in [2.75, 3.05) is 7.11 Å². The zero-order valence-corrected chi connectivity index (χ0v) is 17.5. The maximum absolute atomic E-state index is 13.0. The first-order chi connectivity index (χ1) is 13.6. The third-order valence-corrected chi connectivity index (χ3v) is 5.37. The highest BCUT2D eigenvalue weighted by Gasteiger charge is 2.37. The van der Waals surface area contributed by atoms with Crippen LogP contribution in [-0.2, 0) is 16.0 Å². The summed E-state index contributed by atoms with van der Waals surface area (Å²) in [4.78, 5) is 37.4. The Morgan fingerprint density at radius 1 is 1.17 bits per heavy atom. The van der Waals surface area contributed by atoms with Crippen molar-refractivity contribution in [3.63, 3.8) is 0 Å². The maximum atomic E-state index is 13.0. The molecule has 3 rings (SSSR count). The van der Waals surface area contributed by atoms with Gasteiger partial charge in [-0.3, -0.25) is 14.4 Å². The summed E-state index contributed by atoms with van der Waals surface area (Å²) in [6, 6.07) is 7.02. The van der Waals surface area contributed by atoms with Gasteiger partial charge in [-0.1, -0.05) is 43.7 Å². The quantitative estimate of drug-likeness (QED) is 0.768. The van der Waals surface area contributed by atoms with Crippen LogP contribution in [0, 0.1) is 19.3 Å². The molecule has 0 aliphatic heterocycles. The van der Waals surface area contributed by atoms with Crippen LogP contribution in [0.15, 0.2) is 28.7 Å². The van der Waals surface area contributed by atoms with E-state index in [1.807, 2.05) is 45.0 Å². The van der Waals surface area contributed by atoms with Crippen molar-refractivity contribution in [3.8, 4) is 0 Å². The average Bonchev–Trinajstić information content (AvgIpc) is 2.97. The average molecular weight is 397 g/mol. The number of esters is 1. The summed E-state index contributed by atoms with van der Waals surface area (Å²) in [7, 11) is 1.31. The first kappa shape index (κ1) is 20.8. The molecule has 1 aliphatic rings. The van der Waals surface area contributed by atoms with Crippen LogP contribution in [0.1, 0.15) is 76.1 Å². The third kappa shape index (κ3) is 4.42. The molecule has 6 nitrogen and oxygen atoms in total. The fourth-order valence-corrected chi connectivity index (χ4v) is 3.82. The van der Waals surface area contributed by atoms with Gasteiger partial charge in [0.25, 0.3) is 5.91 Å². The molecule has 0 bridgehead atoms. The molecule has 1 atom stereocenters. The Labute approximate surface area is 170 Å². The number of Topliss-reactive ketones (excluding diaryl/α,β-unsaturated/α-hetero) is 1. The second kappa shape index (κ2) is 7.85. The summed E-state index contributed by atoms with van der Waals surface area (Å²) in [6.07, 6.45) is 1.03. The standard InChI is InChI=1S/C23H27NO5/c1-13-6-8-15(9-7-13)16(10-19(26)28-5)24-22(27)21-14(2)20-17(25)11-23(3,4)12-18(20)29-21/h6-9,16H,10-12H2,1-5H3,(H,24,27)/t16-/m0/s1. The Balaban J connectivity index is 1.89. The molecule has 1 heterocycles. The lowest BCUT2D eigenvalue weighted by molar-refractivity contribution is -0.141. The Kier molecular flexibility index (Phi) is 5.64. The Morgan fingerprint density at radius 2 is 1.83 bits per heavy atom. The Bertz CT molecular complexity index is 952. The van der Waals surface area contributed by atoms with Crippen LogP contribution in [0.5, 0.6) is 0 Å². The smallest absolute Gasteiger partial charge is 0.307 e. The Morgan fingerprint density at radius 3 is 2.45 bits per heavy atom. The monoisotopic (exact) mass is 397 g/mol. The van der Waals surface area contributed by atoms with Crippen molar-refractivity contribution < 1.29 is 23.5 Å². The summed E-state index contributed by atoms with van der Waals surface area (Å²) < 4.78 is 10.6. The van der Waals surface area contributed by atoms with E-state index in [9.17, 15) is 14.4 Å². The third-order valence-electron chi connectivity index (χ3n) is 5.37. The van der Waals surface area contributed by atoms with Crippen molar-refractivity contribution in [3.05, 3.63) is 58.0 Å². The van der Waals surface area contributed by atoms with Crippen LogP contribution >= 0.6 is 0 Å². The molecule has 1 amide bonds. The molecule has 0 fully saturated rings. The van der Waals surface area contributed by atoms with Crippen LogP contribution in [0.4, 0.5) is 0 Å². The van der Waals surface area contributed by atoms with E-state index >= 15 is 0 Å². The molecule has 1 aromatic heterocycles. The van der Waals surface area contributed by atoms with Gasteiger partial charge in [0.1, 0.15) is 5.76 Å². The van der Waals surface area contributed by atoms with Gasteiger partial charge in [-0.2, -0.15) is 0 Å². The molecule has 0 saturated heterocycles. The number of aryl methyl sites for hydroxylation is 1. The number of benzene rings is 1. The highest BCUT2D eigenvalue weighted by molar-refractivity contribution is 6.04. The molecule has 6 heteroatoms. The summed E-state index contributed by atoms with van der Waals surface area (Å²) in [6.45, 7) is 7.71. The van der Waals surface area contributed by atoms with Crippen LogP contribution in [-0.4, -0.2) is 24.8 Å². The summed E-state index contributed by atoms with van der Waals surface area (Å²) >= 11 is 0. The van der Waals surface area contributed by atoms with Gasteiger partial charge < -0.3 is 14.5 Å². The molecule has 0 radical (unpaired) electrons. The number of carbonyl (C=O) groups excluding carboxylic acids is 3. The van der Waals surface area contributed by atoms with E-state index in [-0.39, 0.29) is 23.4 Å². The number of carbonyl (C=O) groups is 3. The van der Waals surface area contributed by atoms with E-state index in [0.717, 1.165) is 11.1 Å². The molecular weight excluding hydrogens is 370 g/mol. The van der Waals surface area contributed by atoms with Gasteiger partial charge in [0.15, 0.2) is 11.5 Å². The predicted molar refractivity (Wildman–Crippen MR) is 108 cm³/mol. The molecule has 29 heavy (non-hydrogen) atoms. The minimum absolute atomic E-state index is 0.00111. The number of fused-ring (bicyclic) bond motifs is 1. The first-order valence-corrected chi connectivity index (χ1v) is 9.71. The highest BCUT2D eigenvalue weighted by Crippen LogP contribution is 2.38. The van der Waals surface area contributed by atoms with Gasteiger partial charge in [-0.15, -0.1) is 0 Å². The number of furan rings is 1. The summed E-state index contributed by atoms with van der Waals surface area (Å²) in [5, 5.41) is 2.88. The highest BCUT2D eigenvalue weighted by atomic mass is 16.5. The normalized spacial score (nSPS) is 16.1. The fourth-order valence-electron chi connectivity index (χ4n) is 3.82. The van der Waals surface area contributed by atoms with Crippen molar-refractivity contribution in [1.29, 1.82) is 0 Å². The zero-order chi connectivity index (χ0) is 21.3. The second-order valence-electron chi connectivity index (χ2n) is 8.51. The molecule has 0 unspecified atom stereocenters. The van der Waals surface area contributed by atoms with E-state index < -0.39 is 17.9 Å². The van der Waals surface area contributed by atoms with Gasteiger partial charge in [0.2, 0.25) is 0 Å². The Hall–Kier alpha value is -2.89. The van der Waals surface area contributed by atoms with Gasteiger partial charge in [-0.05, 0) is 24.8 Å². The number of nitrogens with one attached hydrogen (secondary N) is 1. The molecule has 1 N–H and O–H groups in total. The van der Waals surface area contributed by atoms with Gasteiger partial charge >= 0.3 is 5.97 Å². The molecule has 2 aromatic rings. The van der Waals surface area contributed by atoms with E-state index in [2.05, 4.69) is 5.32 Å². The number of hydrogen-bond donors (Lipinski definition) is 1. The van der Waals surface area contributed by atoms with E-state index in [1.54, 1.807) is 6.92 Å². The number of rotatable bonds is 5. The lowest BCUT2D eigenvalue weighted by Crippen LogP contribution is -2.30. The number of ether oxygens (including phenoxy) is 1.